The molecule has 3 nitrogen and oxygen atoms in total. The molecule has 0 radical (unpaired) electrons. The quantitative estimate of drug-likeness (QED) is 0.898. The molecule has 0 bridgehead atoms. The molecule has 1 aliphatic rings. The number of alkyl halides is 3. The molecule has 1 saturated carbocycles. The van der Waals surface area contributed by atoms with E-state index in [2.05, 4.69) is 15.2 Å². The molecule has 0 atom stereocenters. The van der Waals surface area contributed by atoms with Gasteiger partial charge in [-0.05, 0) is 25.0 Å². The number of aromatic nitrogens is 3. The number of rotatable bonds is 2. The van der Waals surface area contributed by atoms with Crippen LogP contribution in [0.1, 0.15) is 43.0 Å². The molecule has 0 amide bonds. The van der Waals surface area contributed by atoms with Crippen LogP contribution in [0.15, 0.2) is 24.3 Å². The van der Waals surface area contributed by atoms with E-state index in [9.17, 15) is 13.2 Å². The summed E-state index contributed by atoms with van der Waals surface area (Å²) in [5.41, 5.74) is -0.289. The summed E-state index contributed by atoms with van der Waals surface area (Å²) in [5, 5.41) is 6.91. The minimum atomic E-state index is -4.35. The Morgan fingerprint density at radius 3 is 2.60 bits per heavy atom. The van der Waals surface area contributed by atoms with Gasteiger partial charge in [0.05, 0.1) is 5.56 Å². The van der Waals surface area contributed by atoms with Crippen molar-refractivity contribution in [3.05, 3.63) is 35.7 Å². The number of benzene rings is 1. The van der Waals surface area contributed by atoms with Gasteiger partial charge in [0.1, 0.15) is 5.82 Å². The number of nitrogens with one attached hydrogen (secondary N) is 1. The van der Waals surface area contributed by atoms with E-state index in [0.717, 1.165) is 30.8 Å². The molecule has 20 heavy (non-hydrogen) atoms. The van der Waals surface area contributed by atoms with Gasteiger partial charge in [0.2, 0.25) is 0 Å². The molecular formula is C14H14F3N3. The maximum Gasteiger partial charge on any atom is 0.416 e. The second-order valence-corrected chi connectivity index (χ2v) is 5.10. The summed E-state index contributed by atoms with van der Waals surface area (Å²) in [6.45, 7) is 0. The average Bonchev–Trinajstić information content (AvgIpc) is 3.09. The molecule has 106 valence electrons. The van der Waals surface area contributed by atoms with Gasteiger partial charge in [0, 0.05) is 11.5 Å². The Bertz CT molecular complexity index is 598. The highest BCUT2D eigenvalue weighted by Crippen LogP contribution is 2.34. The molecule has 1 aromatic carbocycles. The van der Waals surface area contributed by atoms with Crippen LogP contribution in [0.2, 0.25) is 0 Å². The topological polar surface area (TPSA) is 41.6 Å². The van der Waals surface area contributed by atoms with E-state index >= 15 is 0 Å². The number of halogens is 3. The van der Waals surface area contributed by atoms with Gasteiger partial charge in [0.15, 0.2) is 5.82 Å². The van der Waals surface area contributed by atoms with Crippen LogP contribution in [-0.4, -0.2) is 15.2 Å². The third-order valence-electron chi connectivity index (χ3n) is 3.69. The van der Waals surface area contributed by atoms with Crippen molar-refractivity contribution in [3.63, 3.8) is 0 Å². The Hall–Kier alpha value is -1.85. The summed E-state index contributed by atoms with van der Waals surface area (Å²) >= 11 is 0. The molecular weight excluding hydrogens is 267 g/mol. The van der Waals surface area contributed by atoms with E-state index < -0.39 is 11.7 Å². The van der Waals surface area contributed by atoms with Gasteiger partial charge < -0.3 is 0 Å². The van der Waals surface area contributed by atoms with E-state index in [-0.39, 0.29) is 0 Å². The molecule has 1 heterocycles. The molecule has 1 aromatic heterocycles. The fraction of sp³-hybridized carbons (Fsp3) is 0.429. The van der Waals surface area contributed by atoms with Crippen molar-refractivity contribution < 1.29 is 13.2 Å². The van der Waals surface area contributed by atoms with E-state index in [1.54, 1.807) is 6.07 Å². The average molecular weight is 281 g/mol. The van der Waals surface area contributed by atoms with Crippen LogP contribution in [0.4, 0.5) is 13.2 Å². The van der Waals surface area contributed by atoms with Crippen molar-refractivity contribution in [2.45, 2.75) is 37.8 Å². The molecule has 0 saturated heterocycles. The number of hydrogen-bond donors (Lipinski definition) is 1. The highest BCUT2D eigenvalue weighted by molar-refractivity contribution is 5.56. The van der Waals surface area contributed by atoms with Crippen LogP contribution < -0.4 is 0 Å². The van der Waals surface area contributed by atoms with Gasteiger partial charge in [-0.15, -0.1) is 0 Å². The van der Waals surface area contributed by atoms with Crippen LogP contribution in [0.25, 0.3) is 11.4 Å². The Balaban J connectivity index is 1.89. The predicted molar refractivity (Wildman–Crippen MR) is 68.0 cm³/mol. The number of H-pyrrole nitrogens is 1. The SMILES string of the molecule is FC(F)(F)c1cccc(-c2n[nH]c(C3CCCC3)n2)c1. The zero-order chi connectivity index (χ0) is 14.2. The normalized spacial score (nSPS) is 16.8. The summed E-state index contributed by atoms with van der Waals surface area (Å²) < 4.78 is 38.1. The Labute approximate surface area is 114 Å². The first-order chi connectivity index (χ1) is 9.54. The third-order valence-corrected chi connectivity index (χ3v) is 3.69. The first-order valence-electron chi connectivity index (χ1n) is 6.64. The van der Waals surface area contributed by atoms with Gasteiger partial charge >= 0.3 is 6.18 Å². The van der Waals surface area contributed by atoms with E-state index in [1.165, 1.54) is 18.9 Å². The minimum Gasteiger partial charge on any atom is -0.262 e. The summed E-state index contributed by atoms with van der Waals surface area (Å²) in [4.78, 5) is 4.35. The van der Waals surface area contributed by atoms with Gasteiger partial charge in [-0.3, -0.25) is 5.10 Å². The van der Waals surface area contributed by atoms with E-state index in [0.29, 0.717) is 17.3 Å². The standard InChI is InChI=1S/C14H14F3N3/c15-14(16,17)11-7-3-6-10(8-11)13-18-12(19-20-13)9-4-1-2-5-9/h3,6-9H,1-2,4-5H2,(H,18,19,20). The molecule has 0 aliphatic heterocycles. The molecule has 1 fully saturated rings. The lowest BCUT2D eigenvalue weighted by Crippen LogP contribution is -2.04. The smallest absolute Gasteiger partial charge is 0.262 e. The zero-order valence-electron chi connectivity index (χ0n) is 10.7. The van der Waals surface area contributed by atoms with Crippen LogP contribution in [0.5, 0.6) is 0 Å². The summed E-state index contributed by atoms with van der Waals surface area (Å²) in [6, 6.07) is 5.11. The van der Waals surface area contributed by atoms with Gasteiger partial charge in [-0.1, -0.05) is 25.0 Å². The minimum absolute atomic E-state index is 0.331. The Kier molecular flexibility index (Phi) is 3.23. The first-order valence-corrected chi connectivity index (χ1v) is 6.64. The lowest BCUT2D eigenvalue weighted by atomic mass is 10.1. The fourth-order valence-electron chi connectivity index (χ4n) is 2.62. The maximum atomic E-state index is 12.7. The second kappa shape index (κ2) is 4.92. The van der Waals surface area contributed by atoms with Crippen molar-refractivity contribution in [3.8, 4) is 11.4 Å². The summed E-state index contributed by atoms with van der Waals surface area (Å²) in [6.07, 6.45) is 0.129. The number of nitrogens with zero attached hydrogens (tertiary/aromatic N) is 2. The molecule has 1 aliphatic carbocycles. The van der Waals surface area contributed by atoms with Gasteiger partial charge in [0.25, 0.3) is 0 Å². The highest BCUT2D eigenvalue weighted by Gasteiger charge is 2.30. The number of aromatic amines is 1. The van der Waals surface area contributed by atoms with Crippen molar-refractivity contribution >= 4 is 0 Å². The molecule has 2 aromatic rings. The fourth-order valence-corrected chi connectivity index (χ4v) is 2.62. The van der Waals surface area contributed by atoms with Crippen molar-refractivity contribution in [1.29, 1.82) is 0 Å². The van der Waals surface area contributed by atoms with E-state index in [4.69, 9.17) is 0 Å². The second-order valence-electron chi connectivity index (χ2n) is 5.10. The van der Waals surface area contributed by atoms with Crippen molar-refractivity contribution in [1.82, 2.24) is 15.2 Å². The Morgan fingerprint density at radius 2 is 1.90 bits per heavy atom. The lowest BCUT2D eigenvalue weighted by Gasteiger charge is -2.07. The molecule has 0 unspecified atom stereocenters. The van der Waals surface area contributed by atoms with Crippen molar-refractivity contribution in [2.24, 2.45) is 0 Å². The summed E-state index contributed by atoms with van der Waals surface area (Å²) in [5.74, 6) is 1.48. The first kappa shape index (κ1) is 13.1. The largest absolute Gasteiger partial charge is 0.416 e. The number of hydrogen-bond acceptors (Lipinski definition) is 2. The van der Waals surface area contributed by atoms with Gasteiger partial charge in [-0.25, -0.2) is 4.98 Å². The molecule has 1 N–H and O–H groups in total. The van der Waals surface area contributed by atoms with Crippen LogP contribution in [0.3, 0.4) is 0 Å². The lowest BCUT2D eigenvalue weighted by molar-refractivity contribution is -0.137. The maximum absolute atomic E-state index is 12.7. The third kappa shape index (κ3) is 2.55. The zero-order valence-corrected chi connectivity index (χ0v) is 10.7. The molecule has 6 heteroatoms. The molecule has 3 rings (SSSR count). The highest BCUT2D eigenvalue weighted by atomic mass is 19.4. The van der Waals surface area contributed by atoms with Gasteiger partial charge in [-0.2, -0.15) is 18.3 Å². The molecule has 0 spiro atoms. The van der Waals surface area contributed by atoms with Crippen LogP contribution in [-0.2, 0) is 6.18 Å². The van der Waals surface area contributed by atoms with Crippen LogP contribution >= 0.6 is 0 Å². The Morgan fingerprint density at radius 1 is 1.15 bits per heavy atom. The summed E-state index contributed by atoms with van der Waals surface area (Å²) in [7, 11) is 0. The predicted octanol–water partition coefficient (Wildman–Crippen LogP) is 4.15. The van der Waals surface area contributed by atoms with Crippen molar-refractivity contribution in [2.75, 3.05) is 0 Å². The van der Waals surface area contributed by atoms with E-state index in [1.807, 2.05) is 0 Å². The monoisotopic (exact) mass is 281 g/mol. The van der Waals surface area contributed by atoms with Crippen LogP contribution in [0, 0.1) is 0 Å².